The molecule has 5 N–H and O–H groups in total. The van der Waals surface area contributed by atoms with E-state index in [2.05, 4.69) is 26.0 Å². The Hall–Kier alpha value is -1.89. The molecule has 1 aromatic heterocycles. The Labute approximate surface area is 100 Å². The average Bonchev–Trinajstić information content (AvgIpc) is 2.32. The summed E-state index contributed by atoms with van der Waals surface area (Å²) < 4.78 is 0. The third kappa shape index (κ3) is 3.28. The largest absolute Gasteiger partial charge is 0.358 e. The van der Waals surface area contributed by atoms with Gasteiger partial charge in [-0.3, -0.25) is 4.79 Å². The zero-order valence-corrected chi connectivity index (χ0v) is 10.2. The van der Waals surface area contributed by atoms with Gasteiger partial charge in [-0.2, -0.15) is 0 Å². The van der Waals surface area contributed by atoms with Gasteiger partial charge in [0.2, 0.25) is 5.91 Å². The first kappa shape index (κ1) is 13.2. The summed E-state index contributed by atoms with van der Waals surface area (Å²) in [6.07, 6.45) is 1.38. The molecule has 17 heavy (non-hydrogen) atoms. The van der Waals surface area contributed by atoms with Crippen LogP contribution < -0.4 is 21.9 Å². The highest BCUT2D eigenvalue weighted by Crippen LogP contribution is 2.17. The van der Waals surface area contributed by atoms with Crippen LogP contribution in [0.1, 0.15) is 19.4 Å². The van der Waals surface area contributed by atoms with Crippen molar-refractivity contribution in [1.29, 1.82) is 0 Å². The number of carbonyl (C=O) groups excluding carboxylic acids is 1. The molecule has 0 fully saturated rings. The molecule has 0 aliphatic carbocycles. The van der Waals surface area contributed by atoms with Crippen molar-refractivity contribution in [3.8, 4) is 0 Å². The smallest absolute Gasteiger partial charge is 0.242 e. The minimum Gasteiger partial charge on any atom is -0.358 e. The van der Waals surface area contributed by atoms with Crippen LogP contribution in [-0.2, 0) is 4.79 Å². The first-order valence-electron chi connectivity index (χ1n) is 5.42. The number of rotatable bonds is 5. The highest BCUT2D eigenvalue weighted by Gasteiger charge is 2.14. The summed E-state index contributed by atoms with van der Waals surface area (Å²) in [5.74, 6) is 6.36. The predicted octanol–water partition coefficient (Wildman–Crippen LogP) is 0.00712. The minimum absolute atomic E-state index is 0.0761. The van der Waals surface area contributed by atoms with Crippen LogP contribution in [0.5, 0.6) is 0 Å². The third-order valence-corrected chi connectivity index (χ3v) is 2.32. The number of nitrogens with two attached hydrogens (primary N) is 1. The summed E-state index contributed by atoms with van der Waals surface area (Å²) in [7, 11) is 0. The van der Waals surface area contributed by atoms with Gasteiger partial charge in [-0.15, -0.1) is 0 Å². The van der Waals surface area contributed by atoms with Gasteiger partial charge < -0.3 is 16.1 Å². The molecule has 7 heteroatoms. The van der Waals surface area contributed by atoms with Crippen LogP contribution in [-0.4, -0.2) is 28.5 Å². The van der Waals surface area contributed by atoms with Crippen LogP contribution in [0.3, 0.4) is 0 Å². The molecule has 7 nitrogen and oxygen atoms in total. The fourth-order valence-electron chi connectivity index (χ4n) is 1.34. The van der Waals surface area contributed by atoms with Crippen molar-refractivity contribution in [2.75, 3.05) is 17.3 Å². The number of nitrogen functional groups attached to an aromatic ring is 1. The lowest BCUT2D eigenvalue weighted by Gasteiger charge is -2.16. The van der Waals surface area contributed by atoms with Crippen molar-refractivity contribution >= 4 is 17.5 Å². The number of nitrogens with zero attached hydrogens (tertiary/aromatic N) is 2. The molecule has 1 amide bonds. The molecule has 1 aromatic rings. The van der Waals surface area contributed by atoms with E-state index in [9.17, 15) is 4.79 Å². The Kier molecular flexibility index (Phi) is 4.65. The molecule has 0 spiro atoms. The van der Waals surface area contributed by atoms with Gasteiger partial charge >= 0.3 is 0 Å². The number of likely N-dealkylation sites (N-methyl/N-ethyl adjacent to an activating group) is 1. The van der Waals surface area contributed by atoms with Crippen LogP contribution in [0.2, 0.25) is 0 Å². The third-order valence-electron chi connectivity index (χ3n) is 2.32. The lowest BCUT2D eigenvalue weighted by atomic mass is 10.2. The summed E-state index contributed by atoms with van der Waals surface area (Å²) in [6.45, 7) is 6.06. The number of aromatic nitrogens is 2. The molecule has 0 saturated heterocycles. The van der Waals surface area contributed by atoms with Crippen molar-refractivity contribution in [2.24, 2.45) is 5.84 Å². The summed E-state index contributed by atoms with van der Waals surface area (Å²) in [6, 6.07) is -0.367. The number of hydrogen-bond donors (Lipinski definition) is 4. The molecule has 1 rings (SSSR count). The van der Waals surface area contributed by atoms with Crippen LogP contribution in [0, 0.1) is 6.92 Å². The molecule has 1 atom stereocenters. The Morgan fingerprint density at radius 2 is 2.12 bits per heavy atom. The maximum atomic E-state index is 11.6. The summed E-state index contributed by atoms with van der Waals surface area (Å²) in [4.78, 5) is 19.6. The van der Waals surface area contributed by atoms with Gasteiger partial charge in [0.15, 0.2) is 0 Å². The van der Waals surface area contributed by atoms with E-state index < -0.39 is 0 Å². The quantitative estimate of drug-likeness (QED) is 0.425. The lowest BCUT2D eigenvalue weighted by Crippen LogP contribution is -2.37. The molecule has 0 aromatic carbocycles. The fraction of sp³-hybridized carbons (Fsp3) is 0.500. The standard InChI is InChI=1S/C10H18N6O/c1-4-12-10(17)7(3)15-8-6(2)9(16-11)14-5-13-8/h5,7H,4,11H2,1-3H3,(H,12,17)(H2,13,14,15,16). The minimum atomic E-state index is -0.367. The fourth-order valence-corrected chi connectivity index (χ4v) is 1.34. The molecule has 1 heterocycles. The topological polar surface area (TPSA) is 105 Å². The van der Waals surface area contributed by atoms with Crippen molar-refractivity contribution in [3.63, 3.8) is 0 Å². The molecule has 0 aliphatic heterocycles. The molecule has 0 saturated carbocycles. The van der Waals surface area contributed by atoms with Gasteiger partial charge in [-0.1, -0.05) is 0 Å². The van der Waals surface area contributed by atoms with Crippen molar-refractivity contribution in [3.05, 3.63) is 11.9 Å². The zero-order valence-electron chi connectivity index (χ0n) is 10.2. The number of nitrogens with one attached hydrogen (secondary N) is 3. The molecular formula is C10H18N6O. The number of carbonyl (C=O) groups is 1. The highest BCUT2D eigenvalue weighted by atomic mass is 16.2. The zero-order chi connectivity index (χ0) is 12.8. The summed E-state index contributed by atoms with van der Waals surface area (Å²) >= 11 is 0. The van der Waals surface area contributed by atoms with Gasteiger partial charge in [0.05, 0.1) is 0 Å². The van der Waals surface area contributed by atoms with Crippen molar-refractivity contribution in [1.82, 2.24) is 15.3 Å². The Morgan fingerprint density at radius 3 is 2.71 bits per heavy atom. The Morgan fingerprint density at radius 1 is 1.47 bits per heavy atom. The SMILES string of the molecule is CCNC(=O)C(C)Nc1ncnc(NN)c1C. The molecule has 0 bridgehead atoms. The van der Waals surface area contributed by atoms with E-state index in [4.69, 9.17) is 5.84 Å². The van der Waals surface area contributed by atoms with Gasteiger partial charge in [0.25, 0.3) is 0 Å². The maximum Gasteiger partial charge on any atom is 0.242 e. The van der Waals surface area contributed by atoms with Gasteiger partial charge in [-0.05, 0) is 20.8 Å². The van der Waals surface area contributed by atoms with Gasteiger partial charge in [0, 0.05) is 12.1 Å². The molecule has 0 radical (unpaired) electrons. The first-order valence-corrected chi connectivity index (χ1v) is 5.42. The van der Waals surface area contributed by atoms with Crippen LogP contribution in [0.4, 0.5) is 11.6 Å². The Bertz CT molecular complexity index is 394. The molecule has 0 aliphatic rings. The highest BCUT2D eigenvalue weighted by molar-refractivity contribution is 5.84. The number of amides is 1. The van der Waals surface area contributed by atoms with E-state index in [1.165, 1.54) is 6.33 Å². The second-order valence-electron chi connectivity index (χ2n) is 3.60. The summed E-state index contributed by atoms with van der Waals surface area (Å²) in [5, 5.41) is 5.74. The van der Waals surface area contributed by atoms with Crippen LogP contribution >= 0.6 is 0 Å². The first-order chi connectivity index (χ1) is 8.10. The molecule has 94 valence electrons. The Balaban J connectivity index is 2.78. The van der Waals surface area contributed by atoms with Crippen molar-refractivity contribution in [2.45, 2.75) is 26.8 Å². The number of hydrogen-bond acceptors (Lipinski definition) is 6. The van der Waals surface area contributed by atoms with E-state index in [0.29, 0.717) is 18.2 Å². The second-order valence-corrected chi connectivity index (χ2v) is 3.60. The lowest BCUT2D eigenvalue weighted by molar-refractivity contribution is -0.121. The predicted molar refractivity (Wildman–Crippen MR) is 66.3 cm³/mol. The van der Waals surface area contributed by atoms with E-state index in [-0.39, 0.29) is 11.9 Å². The second kappa shape index (κ2) is 6.00. The number of hydrazine groups is 1. The van der Waals surface area contributed by atoms with E-state index in [1.54, 1.807) is 6.92 Å². The van der Waals surface area contributed by atoms with Gasteiger partial charge in [0.1, 0.15) is 24.0 Å². The molecular weight excluding hydrogens is 220 g/mol. The number of anilines is 2. The van der Waals surface area contributed by atoms with E-state index in [1.807, 2.05) is 13.8 Å². The van der Waals surface area contributed by atoms with E-state index in [0.717, 1.165) is 5.56 Å². The van der Waals surface area contributed by atoms with Crippen molar-refractivity contribution < 1.29 is 4.79 Å². The van der Waals surface area contributed by atoms with Crippen LogP contribution in [0.15, 0.2) is 6.33 Å². The maximum absolute atomic E-state index is 11.6. The monoisotopic (exact) mass is 238 g/mol. The van der Waals surface area contributed by atoms with Crippen LogP contribution in [0.25, 0.3) is 0 Å². The normalized spacial score (nSPS) is 11.8. The van der Waals surface area contributed by atoms with E-state index >= 15 is 0 Å². The summed E-state index contributed by atoms with van der Waals surface area (Å²) in [5.41, 5.74) is 3.24. The average molecular weight is 238 g/mol. The molecule has 1 unspecified atom stereocenters. The van der Waals surface area contributed by atoms with Gasteiger partial charge in [-0.25, -0.2) is 15.8 Å².